The number of hydrogen-bond donors (Lipinski definition) is 2. The first kappa shape index (κ1) is 31.9. The number of fused-ring (bicyclic) bond motifs is 2. The molecule has 0 fully saturated rings. The first-order valence-corrected chi connectivity index (χ1v) is 14.1. The van der Waals surface area contributed by atoms with Gasteiger partial charge in [-0.15, -0.1) is 12.4 Å². The van der Waals surface area contributed by atoms with Gasteiger partial charge in [0.05, 0.1) is 30.9 Å². The summed E-state index contributed by atoms with van der Waals surface area (Å²) in [5.41, 5.74) is 6.29. The third-order valence-corrected chi connectivity index (χ3v) is 8.54. The Morgan fingerprint density at radius 3 is 2.37 bits per heavy atom. The molecule has 4 aromatic rings. The number of nitrogens with one attached hydrogen (secondary N) is 1. The predicted octanol–water partition coefficient (Wildman–Crippen LogP) is 5.45. The van der Waals surface area contributed by atoms with Crippen molar-refractivity contribution in [1.29, 1.82) is 0 Å². The molecule has 1 unspecified atom stereocenters. The highest BCUT2D eigenvalue weighted by Gasteiger charge is 2.48. The fraction of sp³-hybridized carbons (Fsp3) is 0.219. The quantitative estimate of drug-likeness (QED) is 0.273. The van der Waals surface area contributed by atoms with Crippen LogP contribution in [0.15, 0.2) is 83.3 Å². The van der Waals surface area contributed by atoms with Gasteiger partial charge in [-0.2, -0.15) is 0 Å². The van der Waals surface area contributed by atoms with Crippen LogP contribution in [0.25, 0.3) is 10.8 Å². The number of ether oxygens (including phenoxy) is 1. The number of nitrogens with two attached hydrogens (primary N) is 1. The molecule has 5 rings (SSSR count). The van der Waals surface area contributed by atoms with Gasteiger partial charge in [0.25, 0.3) is 5.91 Å². The molecule has 2 atom stereocenters. The topological polar surface area (TPSA) is 105 Å². The maximum absolute atomic E-state index is 14.6. The van der Waals surface area contributed by atoms with E-state index in [4.69, 9.17) is 10.5 Å². The number of benzene rings is 4. The number of carbonyl (C=O) groups excluding carboxylic acids is 3. The summed E-state index contributed by atoms with van der Waals surface area (Å²) in [5.74, 6) is -2.56. The molecule has 1 aliphatic heterocycles. The summed E-state index contributed by atoms with van der Waals surface area (Å²) >= 11 is 3.52. The van der Waals surface area contributed by atoms with Gasteiger partial charge in [0.2, 0.25) is 11.8 Å². The van der Waals surface area contributed by atoms with Gasteiger partial charge < -0.3 is 25.6 Å². The lowest BCUT2D eigenvalue weighted by molar-refractivity contribution is -0.133. The van der Waals surface area contributed by atoms with E-state index in [-0.39, 0.29) is 31.1 Å². The van der Waals surface area contributed by atoms with Gasteiger partial charge in [-0.25, -0.2) is 4.39 Å². The maximum Gasteiger partial charge on any atom is 0.258 e. The van der Waals surface area contributed by atoms with E-state index in [0.717, 1.165) is 20.8 Å². The summed E-state index contributed by atoms with van der Waals surface area (Å²) in [6.45, 7) is 1.50. The number of rotatable bonds is 7. The molecule has 0 radical (unpaired) electrons. The zero-order valence-corrected chi connectivity index (χ0v) is 26.2. The minimum Gasteiger partial charge on any atom is -0.496 e. The fourth-order valence-electron chi connectivity index (χ4n) is 5.45. The summed E-state index contributed by atoms with van der Waals surface area (Å²) in [6.07, 6.45) is 0. The zero-order chi connectivity index (χ0) is 30.2. The first-order chi connectivity index (χ1) is 20.1. The van der Waals surface area contributed by atoms with Crippen molar-refractivity contribution in [3.05, 3.63) is 100 Å². The van der Waals surface area contributed by atoms with Crippen LogP contribution in [0.4, 0.5) is 15.8 Å². The summed E-state index contributed by atoms with van der Waals surface area (Å²) in [4.78, 5) is 44.4. The molecule has 8 nitrogen and oxygen atoms in total. The van der Waals surface area contributed by atoms with Crippen molar-refractivity contribution in [3.8, 4) is 5.75 Å². The average Bonchev–Trinajstić information content (AvgIpc) is 3.11. The van der Waals surface area contributed by atoms with Crippen molar-refractivity contribution in [1.82, 2.24) is 5.32 Å². The first-order valence-electron chi connectivity index (χ1n) is 13.3. The van der Waals surface area contributed by atoms with Crippen LogP contribution in [0, 0.1) is 11.7 Å². The Labute approximate surface area is 263 Å². The summed E-state index contributed by atoms with van der Waals surface area (Å²) in [6, 6.07) is 21.9. The largest absolute Gasteiger partial charge is 0.496 e. The monoisotopic (exact) mass is 668 g/mol. The van der Waals surface area contributed by atoms with E-state index in [0.29, 0.717) is 17.1 Å². The molecule has 0 aromatic heterocycles. The number of anilines is 2. The van der Waals surface area contributed by atoms with Crippen LogP contribution >= 0.6 is 28.3 Å². The van der Waals surface area contributed by atoms with Gasteiger partial charge in [0, 0.05) is 22.1 Å². The van der Waals surface area contributed by atoms with E-state index in [2.05, 4.69) is 21.2 Å². The molecule has 1 heterocycles. The van der Waals surface area contributed by atoms with E-state index in [1.54, 1.807) is 50.2 Å². The van der Waals surface area contributed by atoms with Crippen molar-refractivity contribution in [2.45, 2.75) is 19.0 Å². The number of primary amides is 1. The van der Waals surface area contributed by atoms with Crippen LogP contribution < -0.4 is 25.6 Å². The lowest BCUT2D eigenvalue weighted by Crippen LogP contribution is -2.63. The molecule has 3 N–H and O–H groups in total. The third kappa shape index (κ3) is 5.82. The summed E-state index contributed by atoms with van der Waals surface area (Å²) < 4.78 is 20.3. The van der Waals surface area contributed by atoms with Crippen molar-refractivity contribution in [2.24, 2.45) is 11.7 Å². The molecular weight excluding hydrogens is 639 g/mol. The number of amides is 3. The second-order valence-corrected chi connectivity index (χ2v) is 11.2. The molecule has 1 aliphatic rings. The molecule has 3 amide bonds. The predicted molar refractivity (Wildman–Crippen MR) is 171 cm³/mol. The van der Waals surface area contributed by atoms with E-state index < -0.39 is 35.0 Å². The van der Waals surface area contributed by atoms with E-state index in [1.807, 2.05) is 30.3 Å². The Kier molecular flexibility index (Phi) is 9.44. The van der Waals surface area contributed by atoms with Crippen molar-refractivity contribution in [2.75, 3.05) is 30.5 Å². The normalized spacial score (nSPS) is 16.1. The van der Waals surface area contributed by atoms with Crippen LogP contribution in [0.2, 0.25) is 0 Å². The van der Waals surface area contributed by atoms with Crippen LogP contribution in [-0.2, 0) is 16.1 Å². The minimum atomic E-state index is -1.51. The molecular formula is C32H31BrClFN4O4. The molecule has 224 valence electrons. The van der Waals surface area contributed by atoms with Gasteiger partial charge in [-0.1, -0.05) is 40.2 Å². The Bertz CT molecular complexity index is 1700. The number of halogens is 3. The molecule has 11 heteroatoms. The number of likely N-dealkylation sites (N-methyl/N-ethyl adjacent to an activating group) is 1. The molecule has 0 saturated carbocycles. The highest BCUT2D eigenvalue weighted by molar-refractivity contribution is 9.10. The van der Waals surface area contributed by atoms with E-state index in [9.17, 15) is 18.8 Å². The van der Waals surface area contributed by atoms with Crippen LogP contribution in [0.5, 0.6) is 5.75 Å². The summed E-state index contributed by atoms with van der Waals surface area (Å²) in [5, 5.41) is 4.77. The van der Waals surface area contributed by atoms with Gasteiger partial charge in [0.1, 0.15) is 17.1 Å². The van der Waals surface area contributed by atoms with E-state index in [1.165, 1.54) is 29.2 Å². The van der Waals surface area contributed by atoms with Gasteiger partial charge in [-0.05, 0) is 79.3 Å². The Morgan fingerprint density at radius 2 is 1.74 bits per heavy atom. The van der Waals surface area contributed by atoms with Crippen LogP contribution in [0.1, 0.15) is 22.8 Å². The van der Waals surface area contributed by atoms with Crippen molar-refractivity contribution in [3.63, 3.8) is 0 Å². The van der Waals surface area contributed by atoms with Crippen LogP contribution in [0.3, 0.4) is 0 Å². The Balaban J connectivity index is 0.00000423. The Morgan fingerprint density at radius 1 is 1.07 bits per heavy atom. The number of hydrogen-bond acceptors (Lipinski definition) is 5. The highest BCUT2D eigenvalue weighted by Crippen LogP contribution is 2.40. The van der Waals surface area contributed by atoms with Crippen LogP contribution in [-0.4, -0.2) is 44.0 Å². The van der Waals surface area contributed by atoms with Crippen molar-refractivity contribution >= 4 is 68.2 Å². The lowest BCUT2D eigenvalue weighted by atomic mass is 9.83. The van der Waals surface area contributed by atoms with Gasteiger partial charge in [0.15, 0.2) is 0 Å². The number of carbonyl (C=O) groups is 3. The number of nitrogens with zero attached hydrogens (tertiary/aromatic N) is 2. The lowest BCUT2D eigenvalue weighted by Gasteiger charge is -2.36. The van der Waals surface area contributed by atoms with Gasteiger partial charge in [-0.3, -0.25) is 14.4 Å². The molecule has 0 aliphatic carbocycles. The maximum atomic E-state index is 14.6. The van der Waals surface area contributed by atoms with Crippen molar-refractivity contribution < 1.29 is 23.5 Å². The highest BCUT2D eigenvalue weighted by atomic mass is 79.9. The third-order valence-electron chi connectivity index (χ3n) is 8.04. The molecule has 4 aromatic carbocycles. The molecule has 0 saturated heterocycles. The SMILES string of the molecule is CNC(C)(C(N)=O)[C@@H]1CN(C(=O)c2ccc(F)cc2)c2ccccc2N(Cc2c(OC)ccc3cc(Br)ccc23)C1=O.Cl. The zero-order valence-electron chi connectivity index (χ0n) is 23.8. The molecule has 0 spiro atoms. The van der Waals surface area contributed by atoms with E-state index >= 15 is 0 Å². The smallest absolute Gasteiger partial charge is 0.258 e. The average molecular weight is 670 g/mol. The Hall–Kier alpha value is -3.99. The summed E-state index contributed by atoms with van der Waals surface area (Å²) in [7, 11) is 3.12. The number of para-hydroxylation sites is 2. The standard InChI is InChI=1S/C32H30BrFN4O4.ClH/c1-32(36-2,31(35)41)25-18-38(29(39)19-8-12-22(34)13-9-19)27-7-5-4-6-26(27)37(30(25)40)17-24-23-14-11-21(33)16-20(23)10-15-28(24)42-3;/h4-16,25,36H,17-18H2,1-3H3,(H2,35,41);1H/t25-,32?;/m1./s1. The minimum absolute atomic E-state index is 0. The fourth-order valence-corrected chi connectivity index (χ4v) is 5.83. The molecule has 0 bridgehead atoms. The second kappa shape index (κ2) is 12.7. The number of methoxy groups -OCH3 is 1. The van der Waals surface area contributed by atoms with Gasteiger partial charge >= 0.3 is 0 Å². The second-order valence-electron chi connectivity index (χ2n) is 10.3. The molecule has 43 heavy (non-hydrogen) atoms.